The minimum atomic E-state index is -1.61. The van der Waals surface area contributed by atoms with Gasteiger partial charge in [-0.05, 0) is 0 Å². The van der Waals surface area contributed by atoms with Gasteiger partial charge in [-0.25, -0.2) is 0 Å². The summed E-state index contributed by atoms with van der Waals surface area (Å²) in [6.45, 7) is 0. The Morgan fingerprint density at radius 2 is 1.00 bits per heavy atom. The molecular weight excluding hydrogens is 177 g/mol. The maximum Gasteiger partial charge on any atom is 1.00 e. The van der Waals surface area contributed by atoms with E-state index in [-0.39, 0.29) is 31.0 Å². The molecule has 0 N–H and O–H groups in total. The van der Waals surface area contributed by atoms with Crippen molar-refractivity contribution in [2.75, 3.05) is 0 Å². The number of hydrogen-bond acceptors (Lipinski definition) is 0. The van der Waals surface area contributed by atoms with Gasteiger partial charge in [-0.3, -0.25) is 0 Å². The van der Waals surface area contributed by atoms with E-state index in [9.17, 15) is 0 Å². The van der Waals surface area contributed by atoms with Crippen LogP contribution in [0.2, 0.25) is 0 Å². The van der Waals surface area contributed by atoms with Gasteiger partial charge in [0, 0.05) is 0 Å². The second-order valence-corrected chi connectivity index (χ2v) is 3.86. The van der Waals surface area contributed by atoms with Crippen LogP contribution < -0.4 is 29.6 Å². The number of alkyl halides is 4. The molecule has 0 rings (SSSR count). The fourth-order valence-electron chi connectivity index (χ4n) is 0. The Hall–Kier alpha value is 2.16. The van der Waals surface area contributed by atoms with Crippen LogP contribution in [-0.2, 0) is 0 Å². The zero-order chi connectivity index (χ0) is 4.50. The summed E-state index contributed by atoms with van der Waals surface area (Å²) in [5.74, 6) is 0. The van der Waals surface area contributed by atoms with Crippen LogP contribution in [0.25, 0.3) is 0 Å². The van der Waals surface area contributed by atoms with Crippen LogP contribution in [0.4, 0.5) is 0 Å². The summed E-state index contributed by atoms with van der Waals surface area (Å²) in [7, 11) is 0. The summed E-state index contributed by atoms with van der Waals surface area (Å²) in [6.07, 6.45) is 0. The van der Waals surface area contributed by atoms with Gasteiger partial charge in [0.2, 0.25) is 0 Å². The van der Waals surface area contributed by atoms with Gasteiger partial charge in [-0.1, -0.05) is 46.4 Å². The Labute approximate surface area is 79.9 Å². The summed E-state index contributed by atoms with van der Waals surface area (Å²) >= 11 is 19.3. The second kappa shape index (κ2) is 4.08. The first-order valence-electron chi connectivity index (χ1n) is 0.756. The SMILES string of the molecule is ClC(Cl)(Cl)Cl.[H-].[Na+]. The van der Waals surface area contributed by atoms with Gasteiger partial charge in [0.1, 0.15) is 0 Å². The van der Waals surface area contributed by atoms with Crippen molar-refractivity contribution in [3.8, 4) is 0 Å². The molecule has 5 heteroatoms. The molecule has 0 amide bonds. The van der Waals surface area contributed by atoms with E-state index in [0.717, 1.165) is 0 Å². The minimum Gasteiger partial charge on any atom is -1.00 e. The Morgan fingerprint density at radius 1 is 1.00 bits per heavy atom. The zero-order valence-electron chi connectivity index (χ0n) is 4.01. The summed E-state index contributed by atoms with van der Waals surface area (Å²) in [5.41, 5.74) is 0. The smallest absolute Gasteiger partial charge is 1.00 e. The standard InChI is InChI=1S/CCl4.Na.H/c2-1(3,4)5;;/q;+1;-1. The first-order chi connectivity index (χ1) is 2.00. The van der Waals surface area contributed by atoms with Gasteiger partial charge in [-0.15, -0.1) is 0 Å². The van der Waals surface area contributed by atoms with E-state index < -0.39 is 3.25 Å². The summed E-state index contributed by atoms with van der Waals surface area (Å²) in [4.78, 5) is 0. The van der Waals surface area contributed by atoms with Crippen LogP contribution in [0.5, 0.6) is 0 Å². The fraction of sp³-hybridized carbons (Fsp3) is 1.00. The molecule has 0 fully saturated rings. The first kappa shape index (κ1) is 11.0. The van der Waals surface area contributed by atoms with Crippen molar-refractivity contribution in [2.24, 2.45) is 0 Å². The molecule has 34 valence electrons. The van der Waals surface area contributed by atoms with Crippen LogP contribution in [0.1, 0.15) is 1.43 Å². The summed E-state index contributed by atoms with van der Waals surface area (Å²) < 4.78 is -1.61. The average Bonchev–Trinajstić information content (AvgIpc) is 0.722. The molecule has 0 saturated heterocycles. The third kappa shape index (κ3) is 35.2. The Kier molecular flexibility index (Phi) is 7.50. The average molecular weight is 178 g/mol. The van der Waals surface area contributed by atoms with Crippen LogP contribution >= 0.6 is 46.4 Å². The molecule has 0 atom stereocenters. The molecule has 0 nitrogen and oxygen atoms in total. The molecule has 0 aliphatic rings. The van der Waals surface area contributed by atoms with E-state index in [1.165, 1.54) is 0 Å². The minimum absolute atomic E-state index is 0. The molecule has 0 saturated carbocycles. The van der Waals surface area contributed by atoms with Gasteiger partial charge < -0.3 is 1.43 Å². The third-order valence-electron chi connectivity index (χ3n) is 0. The second-order valence-electron chi connectivity index (χ2n) is 0.429. The third-order valence-corrected chi connectivity index (χ3v) is 0. The molecule has 0 aliphatic heterocycles. The van der Waals surface area contributed by atoms with E-state index in [2.05, 4.69) is 0 Å². The maximum absolute atomic E-state index is 4.83. The van der Waals surface area contributed by atoms with Crippen molar-refractivity contribution < 1.29 is 31.0 Å². The van der Waals surface area contributed by atoms with E-state index in [4.69, 9.17) is 46.4 Å². The maximum atomic E-state index is 4.83. The Morgan fingerprint density at radius 3 is 1.00 bits per heavy atom. The largest absolute Gasteiger partial charge is 1.00 e. The molecule has 0 unspecified atom stereocenters. The summed E-state index contributed by atoms with van der Waals surface area (Å²) in [6, 6.07) is 0. The van der Waals surface area contributed by atoms with Gasteiger partial charge in [0.25, 0.3) is 3.25 Å². The van der Waals surface area contributed by atoms with Crippen molar-refractivity contribution in [1.29, 1.82) is 0 Å². The zero-order valence-corrected chi connectivity index (χ0v) is 8.04. The molecule has 0 heterocycles. The van der Waals surface area contributed by atoms with E-state index >= 15 is 0 Å². The normalized spacial score (nSPS) is 10.0. The van der Waals surface area contributed by atoms with Crippen LogP contribution in [0.3, 0.4) is 0 Å². The monoisotopic (exact) mass is 176 g/mol. The predicted octanol–water partition coefficient (Wildman–Crippen LogP) is -0.331. The Bertz CT molecular complexity index is 27.2. The Balaban J connectivity index is -0.0000000800. The molecule has 0 aliphatic carbocycles. The van der Waals surface area contributed by atoms with Crippen molar-refractivity contribution in [2.45, 2.75) is 3.25 Å². The number of rotatable bonds is 0. The van der Waals surface area contributed by atoms with Crippen molar-refractivity contribution in [3.63, 3.8) is 0 Å². The van der Waals surface area contributed by atoms with Crippen molar-refractivity contribution in [1.82, 2.24) is 0 Å². The van der Waals surface area contributed by atoms with E-state index in [1.807, 2.05) is 0 Å². The number of hydrogen-bond donors (Lipinski definition) is 0. The molecular formula is CHCl4Na. The van der Waals surface area contributed by atoms with Gasteiger partial charge in [-0.2, -0.15) is 0 Å². The van der Waals surface area contributed by atoms with Crippen LogP contribution in [0.15, 0.2) is 0 Å². The topological polar surface area (TPSA) is 0 Å². The van der Waals surface area contributed by atoms with E-state index in [1.54, 1.807) is 0 Å². The molecule has 0 radical (unpaired) electrons. The molecule has 0 spiro atoms. The molecule has 0 aromatic rings. The van der Waals surface area contributed by atoms with Gasteiger partial charge in [0.05, 0.1) is 0 Å². The van der Waals surface area contributed by atoms with Crippen molar-refractivity contribution in [3.05, 3.63) is 0 Å². The summed E-state index contributed by atoms with van der Waals surface area (Å²) in [5, 5.41) is 0. The van der Waals surface area contributed by atoms with Crippen LogP contribution in [-0.4, -0.2) is 3.25 Å². The first-order valence-corrected chi connectivity index (χ1v) is 2.27. The molecule has 0 bridgehead atoms. The quantitative estimate of drug-likeness (QED) is 0.351. The fourth-order valence-corrected chi connectivity index (χ4v) is 0. The molecule has 0 aromatic carbocycles. The van der Waals surface area contributed by atoms with Gasteiger partial charge >= 0.3 is 29.6 Å². The molecule has 6 heavy (non-hydrogen) atoms. The number of halogens is 4. The predicted molar refractivity (Wildman–Crippen MR) is 27.3 cm³/mol. The molecule has 0 aromatic heterocycles. The van der Waals surface area contributed by atoms with Crippen molar-refractivity contribution >= 4 is 46.4 Å². The van der Waals surface area contributed by atoms with E-state index in [0.29, 0.717) is 0 Å². The van der Waals surface area contributed by atoms with Gasteiger partial charge in [0.15, 0.2) is 0 Å². The van der Waals surface area contributed by atoms with Crippen LogP contribution in [0, 0.1) is 0 Å².